The molecule has 0 aliphatic heterocycles. The van der Waals surface area contributed by atoms with Crippen LogP contribution in [-0.2, 0) is 30.4 Å². The Morgan fingerprint density at radius 1 is 0.812 bits per heavy atom. The summed E-state index contributed by atoms with van der Waals surface area (Å²) in [4.78, 5) is 75.6. The molecule has 0 spiro atoms. The maximum absolute atomic E-state index is 13.8. The molecule has 2 aromatic rings. The quantitative estimate of drug-likeness (QED) is 0.121. The highest BCUT2D eigenvalue weighted by atomic mass is 16.4. The molecule has 0 saturated heterocycles. The lowest BCUT2D eigenvalue weighted by Crippen LogP contribution is -2.61. The van der Waals surface area contributed by atoms with E-state index in [9.17, 15) is 39.0 Å². The molecule has 0 bridgehead atoms. The number of carboxylic acids is 2. The van der Waals surface area contributed by atoms with Gasteiger partial charge in [-0.1, -0.05) is 71.0 Å². The van der Waals surface area contributed by atoms with Gasteiger partial charge in [-0.15, -0.1) is 0 Å². The third kappa shape index (κ3) is 12.8. The van der Waals surface area contributed by atoms with Gasteiger partial charge in [0.1, 0.15) is 12.1 Å². The van der Waals surface area contributed by atoms with Crippen LogP contribution in [0.4, 0.5) is 5.69 Å². The van der Waals surface area contributed by atoms with E-state index in [1.165, 1.54) is 24.3 Å². The first kappa shape index (κ1) is 39.4. The first-order chi connectivity index (χ1) is 22.4. The lowest BCUT2D eigenvalue weighted by Gasteiger charge is -2.33. The first-order valence-electron chi connectivity index (χ1n) is 15.6. The van der Waals surface area contributed by atoms with Crippen molar-refractivity contribution in [2.45, 2.75) is 90.6 Å². The summed E-state index contributed by atoms with van der Waals surface area (Å²) in [6.07, 6.45) is -2.05. The van der Waals surface area contributed by atoms with Crippen LogP contribution in [-0.4, -0.2) is 81.2 Å². The molecule has 2 rings (SSSR count). The van der Waals surface area contributed by atoms with Gasteiger partial charge in [0.15, 0.2) is 6.10 Å². The smallest absolute Gasteiger partial charge is 0.335 e. The third-order valence-electron chi connectivity index (χ3n) is 7.41. The predicted octanol–water partition coefficient (Wildman–Crippen LogP) is 1.67. The molecule has 0 fully saturated rings. The van der Waals surface area contributed by atoms with Crippen LogP contribution in [0.1, 0.15) is 69.8 Å². The van der Waals surface area contributed by atoms with Crippen LogP contribution in [0.25, 0.3) is 0 Å². The van der Waals surface area contributed by atoms with Gasteiger partial charge in [0.2, 0.25) is 17.7 Å². The standard InChI is InChI=1S/C34H47N5O9/c1-19(2)16-25(38-32(46)28(34(3,4)5)39-29(43)23(35)14-15-26(40)41)30(44)37-24(17-20-10-7-6-8-11-20)27(42)31(45)36-22-13-9-12-21(18-22)33(47)48/h6-13,18-19,23-25,27-28,42H,14-17,35H2,1-5H3,(H,36,45)(H,37,44)(H,38,46)(H,39,43)(H,40,41)(H,47,48)/t23-,24-,25-,27+,28+/m0/s1. The molecule has 2 aromatic carbocycles. The van der Waals surface area contributed by atoms with Crippen molar-refractivity contribution in [1.82, 2.24) is 16.0 Å². The fraction of sp³-hybridized carbons (Fsp3) is 0.471. The van der Waals surface area contributed by atoms with Crippen LogP contribution in [0, 0.1) is 11.3 Å². The molecule has 9 N–H and O–H groups in total. The number of carbonyl (C=O) groups excluding carboxylic acids is 4. The zero-order valence-electron chi connectivity index (χ0n) is 27.9. The van der Waals surface area contributed by atoms with Crippen molar-refractivity contribution >= 4 is 41.3 Å². The van der Waals surface area contributed by atoms with Crippen molar-refractivity contribution in [3.63, 3.8) is 0 Å². The number of carbonyl (C=O) groups is 6. The second kappa shape index (κ2) is 17.9. The van der Waals surface area contributed by atoms with E-state index in [1.54, 1.807) is 51.1 Å². The molecule has 0 aromatic heterocycles. The number of rotatable bonds is 17. The van der Waals surface area contributed by atoms with Gasteiger partial charge in [0.25, 0.3) is 5.91 Å². The molecule has 4 amide bonds. The Morgan fingerprint density at radius 2 is 1.46 bits per heavy atom. The number of anilines is 1. The Bertz CT molecular complexity index is 1440. The number of aliphatic hydroxyl groups excluding tert-OH is 1. The molecular formula is C34H47N5O9. The number of benzene rings is 2. The summed E-state index contributed by atoms with van der Waals surface area (Å²) in [6, 6.07) is 9.65. The molecule has 14 nitrogen and oxygen atoms in total. The third-order valence-corrected chi connectivity index (χ3v) is 7.41. The number of aromatic carboxylic acids is 1. The summed E-state index contributed by atoms with van der Waals surface area (Å²) in [6.45, 7) is 8.79. The minimum absolute atomic E-state index is 0.0353. The van der Waals surface area contributed by atoms with Crippen LogP contribution >= 0.6 is 0 Å². The molecule has 5 atom stereocenters. The van der Waals surface area contributed by atoms with Crippen LogP contribution in [0.5, 0.6) is 0 Å². The molecular weight excluding hydrogens is 622 g/mol. The summed E-state index contributed by atoms with van der Waals surface area (Å²) in [5.41, 5.74) is 5.77. The van der Waals surface area contributed by atoms with Gasteiger partial charge in [-0.25, -0.2) is 4.79 Å². The average molecular weight is 670 g/mol. The van der Waals surface area contributed by atoms with Gasteiger partial charge in [0.05, 0.1) is 17.6 Å². The molecule has 0 aliphatic rings. The number of hydrogen-bond acceptors (Lipinski definition) is 8. The molecule has 0 saturated carbocycles. The van der Waals surface area contributed by atoms with Crippen LogP contribution in [0.15, 0.2) is 54.6 Å². The van der Waals surface area contributed by atoms with Crippen molar-refractivity contribution in [3.05, 3.63) is 65.7 Å². The van der Waals surface area contributed by atoms with Gasteiger partial charge < -0.3 is 42.3 Å². The van der Waals surface area contributed by atoms with E-state index in [0.717, 1.165) is 0 Å². The van der Waals surface area contributed by atoms with Gasteiger partial charge >= 0.3 is 11.9 Å². The van der Waals surface area contributed by atoms with Gasteiger partial charge in [-0.3, -0.25) is 24.0 Å². The number of amides is 4. The lowest BCUT2D eigenvalue weighted by molar-refractivity contribution is -0.137. The van der Waals surface area contributed by atoms with E-state index < -0.39 is 71.3 Å². The van der Waals surface area contributed by atoms with E-state index in [0.29, 0.717) is 5.56 Å². The van der Waals surface area contributed by atoms with E-state index in [-0.39, 0.29) is 42.9 Å². The molecule has 14 heteroatoms. The van der Waals surface area contributed by atoms with Gasteiger partial charge in [0, 0.05) is 12.1 Å². The van der Waals surface area contributed by atoms with Gasteiger partial charge in [-0.2, -0.15) is 0 Å². The highest BCUT2D eigenvalue weighted by Crippen LogP contribution is 2.21. The summed E-state index contributed by atoms with van der Waals surface area (Å²) in [7, 11) is 0. The zero-order valence-corrected chi connectivity index (χ0v) is 27.9. The van der Waals surface area contributed by atoms with Crippen molar-refractivity contribution in [2.24, 2.45) is 17.1 Å². The maximum atomic E-state index is 13.8. The Hall–Kier alpha value is -4.82. The lowest BCUT2D eigenvalue weighted by atomic mass is 9.85. The molecule has 0 unspecified atom stereocenters. The number of hydrogen-bond donors (Lipinski definition) is 8. The minimum atomic E-state index is -1.79. The fourth-order valence-corrected chi connectivity index (χ4v) is 4.81. The normalized spacial score (nSPS) is 14.5. The van der Waals surface area contributed by atoms with E-state index in [4.69, 9.17) is 10.8 Å². The molecule has 0 radical (unpaired) electrons. The SMILES string of the molecule is CC(C)C[C@H](NC(=O)[C@@H](NC(=O)[C@@H](N)CCC(=O)O)C(C)(C)C)C(=O)N[C@@H](Cc1ccccc1)[C@@H](O)C(=O)Nc1cccc(C(=O)O)c1. The summed E-state index contributed by atoms with van der Waals surface area (Å²) in [5.74, 6) is -5.39. The predicted molar refractivity (Wildman–Crippen MR) is 178 cm³/mol. The monoisotopic (exact) mass is 669 g/mol. The largest absolute Gasteiger partial charge is 0.481 e. The van der Waals surface area contributed by atoms with E-state index >= 15 is 0 Å². The van der Waals surface area contributed by atoms with E-state index in [1.807, 2.05) is 13.8 Å². The summed E-state index contributed by atoms with van der Waals surface area (Å²) < 4.78 is 0. The van der Waals surface area contributed by atoms with Crippen molar-refractivity contribution < 1.29 is 44.1 Å². The molecule has 262 valence electrons. The molecule has 48 heavy (non-hydrogen) atoms. The second-order valence-corrected chi connectivity index (χ2v) is 13.2. The second-order valence-electron chi connectivity index (χ2n) is 13.2. The Morgan fingerprint density at radius 3 is 2.02 bits per heavy atom. The fourth-order valence-electron chi connectivity index (χ4n) is 4.81. The summed E-state index contributed by atoms with van der Waals surface area (Å²) in [5, 5.41) is 39.9. The average Bonchev–Trinajstić information content (AvgIpc) is 3.00. The number of carboxylic acid groups (broad SMARTS) is 2. The topological polar surface area (TPSA) is 237 Å². The number of nitrogens with one attached hydrogen (secondary N) is 4. The van der Waals surface area contributed by atoms with Crippen LogP contribution in [0.2, 0.25) is 0 Å². The number of aliphatic hydroxyl groups is 1. The van der Waals surface area contributed by atoms with Crippen molar-refractivity contribution in [1.29, 1.82) is 0 Å². The maximum Gasteiger partial charge on any atom is 0.335 e. The molecule has 0 heterocycles. The zero-order chi connectivity index (χ0) is 36.2. The highest BCUT2D eigenvalue weighted by Gasteiger charge is 2.37. The Labute approximate surface area is 279 Å². The summed E-state index contributed by atoms with van der Waals surface area (Å²) >= 11 is 0. The minimum Gasteiger partial charge on any atom is -0.481 e. The van der Waals surface area contributed by atoms with E-state index in [2.05, 4.69) is 21.3 Å². The first-order valence-corrected chi connectivity index (χ1v) is 15.6. The van der Waals surface area contributed by atoms with Crippen molar-refractivity contribution in [2.75, 3.05) is 5.32 Å². The Balaban J connectivity index is 2.31. The van der Waals surface area contributed by atoms with Gasteiger partial charge in [-0.05, 0) is 54.4 Å². The van der Waals surface area contributed by atoms with Crippen molar-refractivity contribution in [3.8, 4) is 0 Å². The van der Waals surface area contributed by atoms with Crippen LogP contribution in [0.3, 0.4) is 0 Å². The number of aliphatic carboxylic acids is 1. The highest BCUT2D eigenvalue weighted by molar-refractivity contribution is 5.97. The number of nitrogens with two attached hydrogens (primary N) is 1. The molecule has 0 aliphatic carbocycles. The Kier molecular flexibility index (Phi) is 14.7. The van der Waals surface area contributed by atoms with Crippen LogP contribution < -0.4 is 27.0 Å².